The molecule has 1 saturated heterocycles. The largest absolute Gasteiger partial charge is 0.345 e. The SMILES string of the molecule is O=C(Nc1cccc(-c2cnc[nH]2)c1)C1CCN(C(=O)c2ccccn2)CC1. The number of benzene rings is 1. The molecule has 2 aromatic heterocycles. The number of H-pyrrole nitrogens is 1. The Morgan fingerprint density at radius 2 is 1.96 bits per heavy atom. The van der Waals surface area contributed by atoms with Crippen LogP contribution in [0.1, 0.15) is 23.3 Å². The van der Waals surface area contributed by atoms with Crippen LogP contribution in [0.15, 0.2) is 61.2 Å². The molecule has 0 bridgehead atoms. The molecular formula is C21H21N5O2. The number of aromatic nitrogens is 3. The zero-order chi connectivity index (χ0) is 19.3. The van der Waals surface area contributed by atoms with Gasteiger partial charge in [-0.1, -0.05) is 18.2 Å². The minimum absolute atomic E-state index is 0.00769. The highest BCUT2D eigenvalue weighted by Crippen LogP contribution is 2.23. The third kappa shape index (κ3) is 3.93. The van der Waals surface area contributed by atoms with Crippen molar-refractivity contribution in [3.63, 3.8) is 0 Å². The Hall–Kier alpha value is -3.48. The van der Waals surface area contributed by atoms with Crippen molar-refractivity contribution in [1.82, 2.24) is 19.9 Å². The van der Waals surface area contributed by atoms with Gasteiger partial charge in [-0.3, -0.25) is 14.6 Å². The molecule has 3 aromatic rings. The number of amides is 2. The first kappa shape index (κ1) is 17.9. The molecule has 0 radical (unpaired) electrons. The normalized spacial score (nSPS) is 14.6. The lowest BCUT2D eigenvalue weighted by molar-refractivity contribution is -0.121. The van der Waals surface area contributed by atoms with Crippen molar-refractivity contribution in [1.29, 1.82) is 0 Å². The molecule has 0 saturated carbocycles. The van der Waals surface area contributed by atoms with E-state index in [2.05, 4.69) is 20.3 Å². The van der Waals surface area contributed by atoms with E-state index in [1.165, 1.54) is 0 Å². The van der Waals surface area contributed by atoms with Crippen LogP contribution in [0.25, 0.3) is 11.3 Å². The summed E-state index contributed by atoms with van der Waals surface area (Å²) in [6.45, 7) is 1.11. The molecule has 3 heterocycles. The third-order valence-electron chi connectivity index (χ3n) is 4.98. The minimum Gasteiger partial charge on any atom is -0.345 e. The maximum atomic E-state index is 12.7. The van der Waals surface area contributed by atoms with Gasteiger partial charge in [0, 0.05) is 36.5 Å². The summed E-state index contributed by atoms with van der Waals surface area (Å²) >= 11 is 0. The molecule has 1 aliphatic heterocycles. The minimum atomic E-state index is -0.108. The average molecular weight is 375 g/mol. The molecule has 1 aromatic carbocycles. The van der Waals surface area contributed by atoms with Gasteiger partial charge in [-0.25, -0.2) is 4.98 Å². The Kier molecular flexibility index (Phi) is 5.14. The molecule has 4 rings (SSSR count). The molecule has 0 spiro atoms. The Labute approximate surface area is 162 Å². The van der Waals surface area contributed by atoms with E-state index in [-0.39, 0.29) is 17.7 Å². The van der Waals surface area contributed by atoms with Crippen LogP contribution in [0.3, 0.4) is 0 Å². The fraction of sp³-hybridized carbons (Fsp3) is 0.238. The highest BCUT2D eigenvalue weighted by Gasteiger charge is 2.28. The van der Waals surface area contributed by atoms with E-state index in [9.17, 15) is 9.59 Å². The Balaban J connectivity index is 1.35. The molecule has 142 valence electrons. The molecule has 0 atom stereocenters. The lowest BCUT2D eigenvalue weighted by atomic mass is 9.95. The molecule has 7 nitrogen and oxygen atoms in total. The first-order valence-electron chi connectivity index (χ1n) is 9.31. The monoisotopic (exact) mass is 375 g/mol. The fourth-order valence-electron chi connectivity index (χ4n) is 3.42. The van der Waals surface area contributed by atoms with Crippen LogP contribution in [0.4, 0.5) is 5.69 Å². The number of piperidine rings is 1. The highest BCUT2D eigenvalue weighted by molar-refractivity contribution is 5.94. The molecule has 1 aliphatic rings. The van der Waals surface area contributed by atoms with E-state index >= 15 is 0 Å². The van der Waals surface area contributed by atoms with Crippen LogP contribution in [0.5, 0.6) is 0 Å². The zero-order valence-corrected chi connectivity index (χ0v) is 15.3. The molecule has 0 unspecified atom stereocenters. The van der Waals surface area contributed by atoms with Gasteiger partial charge >= 0.3 is 0 Å². The number of likely N-dealkylation sites (tertiary alicyclic amines) is 1. The van der Waals surface area contributed by atoms with Crippen molar-refractivity contribution in [3.05, 3.63) is 66.9 Å². The molecule has 7 heteroatoms. The number of carbonyl (C=O) groups excluding carboxylic acids is 2. The van der Waals surface area contributed by atoms with Crippen LogP contribution in [0, 0.1) is 5.92 Å². The van der Waals surface area contributed by atoms with Gasteiger partial charge in [-0.2, -0.15) is 0 Å². The van der Waals surface area contributed by atoms with Crippen molar-refractivity contribution < 1.29 is 9.59 Å². The second kappa shape index (κ2) is 8.04. The van der Waals surface area contributed by atoms with Gasteiger partial charge < -0.3 is 15.2 Å². The number of pyridine rings is 1. The number of nitrogens with zero attached hydrogens (tertiary/aromatic N) is 3. The van der Waals surface area contributed by atoms with Crippen molar-refractivity contribution >= 4 is 17.5 Å². The van der Waals surface area contributed by atoms with E-state index < -0.39 is 0 Å². The van der Waals surface area contributed by atoms with Crippen LogP contribution >= 0.6 is 0 Å². The number of imidazole rings is 1. The van der Waals surface area contributed by atoms with E-state index in [0.29, 0.717) is 31.6 Å². The Bertz CT molecular complexity index is 948. The smallest absolute Gasteiger partial charge is 0.272 e. The maximum absolute atomic E-state index is 12.7. The second-order valence-corrected chi connectivity index (χ2v) is 6.82. The third-order valence-corrected chi connectivity index (χ3v) is 4.98. The predicted octanol–water partition coefficient (Wildman–Crippen LogP) is 2.96. The number of carbonyl (C=O) groups is 2. The van der Waals surface area contributed by atoms with E-state index in [1.54, 1.807) is 41.8 Å². The van der Waals surface area contributed by atoms with E-state index in [4.69, 9.17) is 0 Å². The van der Waals surface area contributed by atoms with Crippen molar-refractivity contribution in [3.8, 4) is 11.3 Å². The van der Waals surface area contributed by atoms with Crippen molar-refractivity contribution in [2.45, 2.75) is 12.8 Å². The van der Waals surface area contributed by atoms with Gasteiger partial charge in [0.05, 0.1) is 18.2 Å². The number of nitrogens with one attached hydrogen (secondary N) is 2. The Morgan fingerprint density at radius 3 is 2.68 bits per heavy atom. The topological polar surface area (TPSA) is 91.0 Å². The van der Waals surface area contributed by atoms with Gasteiger partial charge in [0.15, 0.2) is 0 Å². The van der Waals surface area contributed by atoms with Crippen LogP contribution < -0.4 is 5.32 Å². The number of anilines is 1. The van der Waals surface area contributed by atoms with E-state index in [1.807, 2.05) is 24.3 Å². The fourth-order valence-corrected chi connectivity index (χ4v) is 3.42. The predicted molar refractivity (Wildman–Crippen MR) is 106 cm³/mol. The Morgan fingerprint density at radius 1 is 1.11 bits per heavy atom. The molecule has 28 heavy (non-hydrogen) atoms. The summed E-state index contributed by atoms with van der Waals surface area (Å²) in [6, 6.07) is 13.0. The number of rotatable bonds is 4. The zero-order valence-electron chi connectivity index (χ0n) is 15.3. The molecule has 2 N–H and O–H groups in total. The summed E-state index contributed by atoms with van der Waals surface area (Å²) in [6.07, 6.45) is 6.27. The van der Waals surface area contributed by atoms with Crippen molar-refractivity contribution in [2.75, 3.05) is 18.4 Å². The number of hydrogen-bond acceptors (Lipinski definition) is 4. The lowest BCUT2D eigenvalue weighted by Gasteiger charge is -2.31. The standard InChI is InChI=1S/C21H21N5O2/c27-20(25-17-5-3-4-16(12-17)19-13-22-14-24-19)15-7-10-26(11-8-15)21(28)18-6-1-2-9-23-18/h1-6,9,12-15H,7-8,10-11H2,(H,22,24)(H,25,27). The second-order valence-electron chi connectivity index (χ2n) is 6.82. The first-order chi connectivity index (χ1) is 13.7. The summed E-state index contributed by atoms with van der Waals surface area (Å²) in [7, 11) is 0. The van der Waals surface area contributed by atoms with Gasteiger partial charge in [0.1, 0.15) is 5.69 Å². The van der Waals surface area contributed by atoms with Gasteiger partial charge in [-0.15, -0.1) is 0 Å². The molecular weight excluding hydrogens is 354 g/mol. The van der Waals surface area contributed by atoms with Gasteiger partial charge in [-0.05, 0) is 37.1 Å². The lowest BCUT2D eigenvalue weighted by Crippen LogP contribution is -2.41. The highest BCUT2D eigenvalue weighted by atomic mass is 16.2. The van der Waals surface area contributed by atoms with Crippen LogP contribution in [-0.2, 0) is 4.79 Å². The average Bonchev–Trinajstić information content (AvgIpc) is 3.29. The summed E-state index contributed by atoms with van der Waals surface area (Å²) in [4.78, 5) is 38.1. The number of aromatic amines is 1. The van der Waals surface area contributed by atoms with Crippen LogP contribution in [-0.4, -0.2) is 44.8 Å². The summed E-state index contributed by atoms with van der Waals surface area (Å²) in [5.74, 6) is -0.193. The van der Waals surface area contributed by atoms with E-state index in [0.717, 1.165) is 16.9 Å². The molecule has 1 fully saturated rings. The first-order valence-corrected chi connectivity index (χ1v) is 9.31. The summed E-state index contributed by atoms with van der Waals surface area (Å²) in [5, 5.41) is 3.00. The quantitative estimate of drug-likeness (QED) is 0.733. The van der Waals surface area contributed by atoms with Gasteiger partial charge in [0.2, 0.25) is 5.91 Å². The maximum Gasteiger partial charge on any atom is 0.272 e. The van der Waals surface area contributed by atoms with Crippen LogP contribution in [0.2, 0.25) is 0 Å². The molecule has 0 aliphatic carbocycles. The summed E-state index contributed by atoms with van der Waals surface area (Å²) < 4.78 is 0. The summed E-state index contributed by atoms with van der Waals surface area (Å²) in [5.41, 5.74) is 3.06. The van der Waals surface area contributed by atoms with Crippen molar-refractivity contribution in [2.24, 2.45) is 5.92 Å². The van der Waals surface area contributed by atoms with Gasteiger partial charge in [0.25, 0.3) is 5.91 Å². The number of hydrogen-bond donors (Lipinski definition) is 2. The molecule has 2 amide bonds.